The number of rotatable bonds is 11. The van der Waals surface area contributed by atoms with Gasteiger partial charge in [0.15, 0.2) is 9.84 Å². The van der Waals surface area contributed by atoms with Crippen molar-refractivity contribution in [2.24, 2.45) is 0 Å². The molecule has 10 nitrogen and oxygen atoms in total. The van der Waals surface area contributed by atoms with Gasteiger partial charge >= 0.3 is 0 Å². The number of carbonyl (C=O) groups excluding carboxylic acids is 2. The molecule has 1 heterocycles. The number of carbonyl (C=O) groups is 2. The van der Waals surface area contributed by atoms with E-state index in [2.05, 4.69) is 10.3 Å². The molecular formula is C27H30N4O6S. The van der Waals surface area contributed by atoms with Crippen LogP contribution in [0.3, 0.4) is 0 Å². The Bertz CT molecular complexity index is 1410. The predicted molar refractivity (Wildman–Crippen MR) is 145 cm³/mol. The number of aryl methyl sites for hydroxylation is 1. The van der Waals surface area contributed by atoms with Gasteiger partial charge in [0.25, 0.3) is 11.8 Å². The van der Waals surface area contributed by atoms with Crippen LogP contribution in [0.4, 0.5) is 11.4 Å². The summed E-state index contributed by atoms with van der Waals surface area (Å²) in [6.45, 7) is 4.17. The first-order valence-corrected chi connectivity index (χ1v) is 13.4. The number of nitrogens with zero attached hydrogens (tertiary/aromatic N) is 2. The topological polar surface area (TPSA) is 138 Å². The van der Waals surface area contributed by atoms with Crippen LogP contribution < -0.4 is 20.4 Å². The number of hydroxylamine groups is 1. The summed E-state index contributed by atoms with van der Waals surface area (Å²) in [5.41, 5.74) is 3.62. The van der Waals surface area contributed by atoms with Crippen molar-refractivity contribution in [2.75, 3.05) is 29.7 Å². The highest BCUT2D eigenvalue weighted by Crippen LogP contribution is 2.26. The Labute approximate surface area is 221 Å². The molecule has 3 rings (SSSR count). The Morgan fingerprint density at radius 2 is 1.79 bits per heavy atom. The van der Waals surface area contributed by atoms with Crippen LogP contribution in [0, 0.1) is 6.92 Å². The first-order chi connectivity index (χ1) is 18.2. The van der Waals surface area contributed by atoms with Gasteiger partial charge in [-0.2, -0.15) is 0 Å². The van der Waals surface area contributed by atoms with Crippen LogP contribution in [0.5, 0.6) is 5.75 Å². The Hall–Kier alpha value is -4.22. The van der Waals surface area contributed by atoms with E-state index < -0.39 is 21.6 Å². The predicted octanol–water partition coefficient (Wildman–Crippen LogP) is 3.82. The van der Waals surface area contributed by atoms with Crippen LogP contribution in [-0.2, 0) is 14.6 Å². The van der Waals surface area contributed by atoms with Gasteiger partial charge in [-0.15, -0.1) is 0 Å². The van der Waals surface area contributed by atoms with Gasteiger partial charge in [-0.1, -0.05) is 6.92 Å². The third kappa shape index (κ3) is 6.96. The fourth-order valence-corrected chi connectivity index (χ4v) is 4.84. The van der Waals surface area contributed by atoms with E-state index in [0.29, 0.717) is 29.1 Å². The summed E-state index contributed by atoms with van der Waals surface area (Å²) in [7, 11) is -2.27. The van der Waals surface area contributed by atoms with Crippen molar-refractivity contribution < 1.29 is 28.0 Å². The average Bonchev–Trinajstić information content (AvgIpc) is 2.93. The fraction of sp³-hybridized carbons (Fsp3) is 0.222. The lowest BCUT2D eigenvalue weighted by atomic mass is 10.0. The van der Waals surface area contributed by atoms with Crippen molar-refractivity contribution in [3.63, 3.8) is 0 Å². The lowest BCUT2D eigenvalue weighted by molar-refractivity contribution is -0.114. The number of nitrogens with one attached hydrogen (secondary N) is 2. The van der Waals surface area contributed by atoms with E-state index in [-0.39, 0.29) is 22.1 Å². The monoisotopic (exact) mass is 538 g/mol. The molecule has 0 fully saturated rings. The number of aromatic nitrogens is 1. The van der Waals surface area contributed by atoms with Crippen molar-refractivity contribution in [1.29, 1.82) is 0 Å². The van der Waals surface area contributed by atoms with Crippen LogP contribution in [0.1, 0.15) is 34.8 Å². The summed E-state index contributed by atoms with van der Waals surface area (Å²) in [4.78, 5) is 31.1. The second-order valence-electron chi connectivity index (χ2n) is 8.34. The largest absolute Gasteiger partial charge is 0.497 e. The molecule has 0 aliphatic rings. The molecule has 0 spiro atoms. The van der Waals surface area contributed by atoms with E-state index >= 15 is 0 Å². The van der Waals surface area contributed by atoms with Crippen molar-refractivity contribution in [3.05, 3.63) is 83.7 Å². The van der Waals surface area contributed by atoms with Crippen molar-refractivity contribution >= 4 is 39.1 Å². The smallest absolute Gasteiger partial charge is 0.276 e. The van der Waals surface area contributed by atoms with E-state index in [1.807, 2.05) is 6.92 Å². The maximum Gasteiger partial charge on any atom is 0.276 e. The van der Waals surface area contributed by atoms with Gasteiger partial charge < -0.3 is 15.0 Å². The molecule has 0 saturated heterocycles. The summed E-state index contributed by atoms with van der Waals surface area (Å²) >= 11 is 0. The number of amides is 2. The first kappa shape index (κ1) is 28.4. The second kappa shape index (κ2) is 12.8. The molecule has 1 aromatic heterocycles. The zero-order valence-corrected chi connectivity index (χ0v) is 22.2. The molecule has 3 N–H and O–H groups in total. The van der Waals surface area contributed by atoms with Gasteiger partial charge in [-0.05, 0) is 79.1 Å². The molecule has 0 bridgehead atoms. The molecule has 11 heteroatoms. The van der Waals surface area contributed by atoms with Gasteiger partial charge in [0.2, 0.25) is 0 Å². The number of hydrogen-bond donors (Lipinski definition) is 3. The number of pyridine rings is 1. The fourth-order valence-electron chi connectivity index (χ4n) is 3.79. The minimum Gasteiger partial charge on any atom is -0.497 e. The Balaban J connectivity index is 1.86. The Morgan fingerprint density at radius 3 is 2.39 bits per heavy atom. The molecule has 2 amide bonds. The third-order valence-electron chi connectivity index (χ3n) is 5.67. The van der Waals surface area contributed by atoms with Gasteiger partial charge in [-0.25, -0.2) is 13.9 Å². The van der Waals surface area contributed by atoms with E-state index in [1.165, 1.54) is 31.4 Å². The molecule has 0 saturated carbocycles. The van der Waals surface area contributed by atoms with Crippen LogP contribution in [0.2, 0.25) is 0 Å². The molecule has 0 aliphatic carbocycles. The molecule has 38 heavy (non-hydrogen) atoms. The number of methoxy groups -OCH3 is 1. The number of hydrogen-bond acceptors (Lipinski definition) is 8. The van der Waals surface area contributed by atoms with Crippen molar-refractivity contribution in [1.82, 2.24) is 10.5 Å². The molecular weight excluding hydrogens is 508 g/mol. The molecule has 200 valence electrons. The maximum absolute atomic E-state index is 12.9. The van der Waals surface area contributed by atoms with E-state index in [1.54, 1.807) is 66.1 Å². The lowest BCUT2D eigenvalue weighted by Crippen LogP contribution is -2.29. The minimum atomic E-state index is -3.75. The summed E-state index contributed by atoms with van der Waals surface area (Å²) in [5.74, 6) is -1.05. The lowest BCUT2D eigenvalue weighted by Gasteiger charge is -2.20. The van der Waals surface area contributed by atoms with Gasteiger partial charge in [0, 0.05) is 30.7 Å². The van der Waals surface area contributed by atoms with Gasteiger partial charge in [0.1, 0.15) is 11.6 Å². The second-order valence-corrected chi connectivity index (χ2v) is 10.3. The molecule has 0 atom stereocenters. The van der Waals surface area contributed by atoms with Crippen molar-refractivity contribution in [3.8, 4) is 5.75 Å². The standard InChI is InChI=1S/C27H30N4O6S/c1-4-15-31(21-11-13-28-14-12-21)25(32)10-5-20-16-19(2)26(24(17-20)27(33)30-34)29-18-38(35,36)23-8-6-22(37-3)7-9-23/h5-14,16-17,29,34H,4,15,18H2,1-3H3,(H,30,33). The minimum absolute atomic E-state index is 0.0177. The molecule has 3 aromatic rings. The zero-order valence-electron chi connectivity index (χ0n) is 21.3. The first-order valence-electron chi connectivity index (χ1n) is 11.8. The number of benzene rings is 2. The summed E-state index contributed by atoms with van der Waals surface area (Å²) in [6, 6.07) is 12.6. The van der Waals surface area contributed by atoms with Gasteiger partial charge in [-0.3, -0.25) is 19.8 Å². The SMILES string of the molecule is CCCN(C(=O)C=Cc1cc(C)c(NCS(=O)(=O)c2ccc(OC)cc2)c(C(=O)NO)c1)c1ccncc1. The van der Waals surface area contributed by atoms with Gasteiger partial charge in [0.05, 0.1) is 23.3 Å². The normalized spacial score (nSPS) is 11.3. The maximum atomic E-state index is 12.9. The number of sulfone groups is 1. The number of anilines is 2. The van der Waals surface area contributed by atoms with E-state index in [9.17, 15) is 23.2 Å². The van der Waals surface area contributed by atoms with E-state index in [0.717, 1.165) is 6.42 Å². The highest BCUT2D eigenvalue weighted by molar-refractivity contribution is 7.91. The molecule has 0 aliphatic heterocycles. The van der Waals surface area contributed by atoms with Crippen LogP contribution in [0.15, 0.2) is 71.9 Å². The average molecular weight is 539 g/mol. The highest BCUT2D eigenvalue weighted by Gasteiger charge is 2.19. The third-order valence-corrected chi connectivity index (χ3v) is 7.18. The zero-order chi connectivity index (χ0) is 27.7. The molecule has 2 aromatic carbocycles. The van der Waals surface area contributed by atoms with E-state index in [4.69, 9.17) is 4.74 Å². The summed E-state index contributed by atoms with van der Waals surface area (Å²) in [5, 5.41) is 12.1. The summed E-state index contributed by atoms with van der Waals surface area (Å²) in [6.07, 6.45) is 6.93. The Morgan fingerprint density at radius 1 is 1.11 bits per heavy atom. The van der Waals surface area contributed by atoms with Crippen LogP contribution >= 0.6 is 0 Å². The highest BCUT2D eigenvalue weighted by atomic mass is 32.2. The Kier molecular flexibility index (Phi) is 9.58. The quantitative estimate of drug-likeness (QED) is 0.190. The summed E-state index contributed by atoms with van der Waals surface area (Å²) < 4.78 is 30.7. The number of ether oxygens (including phenoxy) is 1. The molecule has 0 unspecified atom stereocenters. The van der Waals surface area contributed by atoms with Crippen LogP contribution in [-0.4, -0.2) is 50.0 Å². The molecule has 0 radical (unpaired) electrons. The van der Waals surface area contributed by atoms with Crippen LogP contribution in [0.25, 0.3) is 6.08 Å². The van der Waals surface area contributed by atoms with Crippen molar-refractivity contribution in [2.45, 2.75) is 25.2 Å².